The fourth-order valence-electron chi connectivity index (χ4n) is 5.38. The Morgan fingerprint density at radius 3 is 2.68 bits per heavy atom. The zero-order valence-corrected chi connectivity index (χ0v) is 20.0. The number of nitrogens with one attached hydrogen (secondary N) is 2. The number of rotatable bonds is 6. The largest absolute Gasteiger partial charge is 0.380 e. The second kappa shape index (κ2) is 8.37. The average Bonchev–Trinajstić information content (AvgIpc) is 2.74. The number of nitrogens with zero attached hydrogens (tertiary/aromatic N) is 3. The summed E-state index contributed by atoms with van der Waals surface area (Å²) in [6, 6.07) is 3.85. The third kappa shape index (κ3) is 4.14. The van der Waals surface area contributed by atoms with E-state index in [0.29, 0.717) is 33.5 Å². The molecule has 0 radical (unpaired) electrons. The molecule has 166 valence electrons. The highest BCUT2D eigenvalue weighted by Crippen LogP contribution is 2.61. The number of halogens is 1. The molecule has 3 saturated carbocycles. The third-order valence-electron chi connectivity index (χ3n) is 7.56. The van der Waals surface area contributed by atoms with Crippen LogP contribution in [0.2, 0.25) is 0 Å². The van der Waals surface area contributed by atoms with E-state index in [1.807, 2.05) is 19.1 Å². The van der Waals surface area contributed by atoms with Gasteiger partial charge in [0, 0.05) is 18.4 Å². The Bertz CT molecular complexity index is 1020. The van der Waals surface area contributed by atoms with Crippen molar-refractivity contribution in [3.63, 3.8) is 0 Å². The van der Waals surface area contributed by atoms with Gasteiger partial charge in [0.05, 0.1) is 17.9 Å². The summed E-state index contributed by atoms with van der Waals surface area (Å²) in [5, 5.41) is 10.7. The second-order valence-corrected chi connectivity index (χ2v) is 10.4. The fraction of sp³-hybridized carbons (Fsp3) is 0.565. The third-order valence-corrected chi connectivity index (χ3v) is 8.32. The summed E-state index contributed by atoms with van der Waals surface area (Å²) in [7, 11) is 0. The van der Waals surface area contributed by atoms with Crippen molar-refractivity contribution < 1.29 is 4.79 Å². The highest BCUT2D eigenvalue weighted by molar-refractivity contribution is 9.10. The van der Waals surface area contributed by atoms with Crippen LogP contribution in [-0.4, -0.2) is 26.7 Å². The first-order valence-corrected chi connectivity index (χ1v) is 11.7. The molecule has 3 aliphatic carbocycles. The van der Waals surface area contributed by atoms with E-state index in [4.69, 9.17) is 0 Å². The van der Waals surface area contributed by atoms with Crippen LogP contribution in [0.15, 0.2) is 40.0 Å². The number of hydrogen-bond donors (Lipinski definition) is 2. The summed E-state index contributed by atoms with van der Waals surface area (Å²) in [5.74, 6) is 1.70. The van der Waals surface area contributed by atoms with E-state index in [9.17, 15) is 9.59 Å². The van der Waals surface area contributed by atoms with Gasteiger partial charge in [-0.2, -0.15) is 5.10 Å². The van der Waals surface area contributed by atoms with E-state index in [1.165, 1.54) is 11.1 Å². The summed E-state index contributed by atoms with van der Waals surface area (Å²) in [6.07, 6.45) is 7.42. The standard InChI is InChI=1S/C23H30BrN5O2/c1-13-17-9-16(23(17,3)4)10-18(13)28-19-11-26-29(22(31)21(19)24)12-20(30)27-14(2)15-5-7-25-8-6-15/h5-8,11,13-14,16-18,28H,9-10,12H2,1-4H3,(H,27,30)/t13-,14-,16-,17+,18-/m1/s1. The van der Waals surface area contributed by atoms with Crippen molar-refractivity contribution in [2.45, 2.75) is 59.2 Å². The van der Waals surface area contributed by atoms with E-state index in [1.54, 1.807) is 18.6 Å². The van der Waals surface area contributed by atoms with Crippen molar-refractivity contribution in [1.29, 1.82) is 0 Å². The molecule has 8 heteroatoms. The van der Waals surface area contributed by atoms with Gasteiger partial charge in [-0.25, -0.2) is 4.68 Å². The number of anilines is 1. The van der Waals surface area contributed by atoms with Gasteiger partial charge in [-0.05, 0) is 76.6 Å². The number of carbonyl (C=O) groups excluding carboxylic acids is 1. The Balaban J connectivity index is 1.41. The van der Waals surface area contributed by atoms with Crippen LogP contribution in [0.3, 0.4) is 0 Å². The number of aromatic nitrogens is 3. The van der Waals surface area contributed by atoms with Crippen molar-refractivity contribution in [2.75, 3.05) is 5.32 Å². The number of amides is 1. The maximum Gasteiger partial charge on any atom is 0.283 e. The molecule has 0 saturated heterocycles. The highest BCUT2D eigenvalue weighted by atomic mass is 79.9. The minimum absolute atomic E-state index is 0.134. The van der Waals surface area contributed by atoms with E-state index in [-0.39, 0.29) is 24.1 Å². The predicted molar refractivity (Wildman–Crippen MR) is 124 cm³/mol. The van der Waals surface area contributed by atoms with Crippen LogP contribution in [0, 0.1) is 23.2 Å². The normalized spacial score (nSPS) is 27.1. The molecular weight excluding hydrogens is 458 g/mol. The van der Waals surface area contributed by atoms with Crippen molar-refractivity contribution in [2.24, 2.45) is 23.2 Å². The molecule has 0 spiro atoms. The highest BCUT2D eigenvalue weighted by Gasteiger charge is 2.56. The van der Waals surface area contributed by atoms with Gasteiger partial charge in [0.1, 0.15) is 11.0 Å². The number of hydrogen-bond acceptors (Lipinski definition) is 5. The molecule has 2 bridgehead atoms. The van der Waals surface area contributed by atoms with Crippen LogP contribution in [0.1, 0.15) is 52.1 Å². The lowest BCUT2D eigenvalue weighted by Gasteiger charge is -2.62. The van der Waals surface area contributed by atoms with E-state index in [0.717, 1.165) is 17.9 Å². The molecule has 5 rings (SSSR count). The lowest BCUT2D eigenvalue weighted by molar-refractivity contribution is -0.122. The second-order valence-electron chi connectivity index (χ2n) is 9.61. The molecular formula is C23H30BrN5O2. The van der Waals surface area contributed by atoms with Gasteiger partial charge in [-0.1, -0.05) is 20.8 Å². The van der Waals surface area contributed by atoms with Crippen LogP contribution in [0.5, 0.6) is 0 Å². The minimum Gasteiger partial charge on any atom is -0.380 e. The van der Waals surface area contributed by atoms with Gasteiger partial charge in [-0.3, -0.25) is 14.6 Å². The molecule has 7 nitrogen and oxygen atoms in total. The van der Waals surface area contributed by atoms with Crippen LogP contribution in [0.4, 0.5) is 5.69 Å². The molecule has 5 atom stereocenters. The Morgan fingerprint density at radius 1 is 1.32 bits per heavy atom. The first kappa shape index (κ1) is 22.0. The summed E-state index contributed by atoms with van der Waals surface area (Å²) < 4.78 is 1.61. The van der Waals surface area contributed by atoms with E-state index < -0.39 is 0 Å². The molecule has 1 amide bonds. The Labute approximate surface area is 191 Å². The zero-order valence-electron chi connectivity index (χ0n) is 18.4. The quantitative estimate of drug-likeness (QED) is 0.647. The van der Waals surface area contributed by atoms with Crippen molar-refractivity contribution >= 4 is 27.5 Å². The molecule has 2 heterocycles. The first-order chi connectivity index (χ1) is 14.7. The van der Waals surface area contributed by atoms with Gasteiger partial charge in [-0.15, -0.1) is 0 Å². The molecule has 2 aromatic heterocycles. The molecule has 3 fully saturated rings. The van der Waals surface area contributed by atoms with Crippen molar-refractivity contribution in [3.8, 4) is 0 Å². The summed E-state index contributed by atoms with van der Waals surface area (Å²) in [5.41, 5.74) is 1.75. The maximum absolute atomic E-state index is 12.8. The molecule has 2 aromatic rings. The van der Waals surface area contributed by atoms with Gasteiger partial charge in [0.2, 0.25) is 5.91 Å². The average molecular weight is 488 g/mol. The minimum atomic E-state index is -0.314. The summed E-state index contributed by atoms with van der Waals surface area (Å²) in [4.78, 5) is 29.2. The lowest BCUT2D eigenvalue weighted by Crippen LogP contribution is -2.58. The number of pyridine rings is 1. The predicted octanol–water partition coefficient (Wildman–Crippen LogP) is 3.76. The monoisotopic (exact) mass is 487 g/mol. The fourth-order valence-corrected chi connectivity index (χ4v) is 5.80. The molecule has 0 unspecified atom stereocenters. The van der Waals surface area contributed by atoms with Gasteiger partial charge in [0.25, 0.3) is 5.56 Å². The van der Waals surface area contributed by atoms with Crippen LogP contribution < -0.4 is 16.2 Å². The van der Waals surface area contributed by atoms with Crippen LogP contribution >= 0.6 is 15.9 Å². The summed E-state index contributed by atoms with van der Waals surface area (Å²) in [6.45, 7) is 8.81. The smallest absolute Gasteiger partial charge is 0.283 e. The molecule has 2 N–H and O–H groups in total. The van der Waals surface area contributed by atoms with Crippen LogP contribution in [-0.2, 0) is 11.3 Å². The molecule has 3 aliphatic rings. The Kier molecular flexibility index (Phi) is 5.94. The molecule has 31 heavy (non-hydrogen) atoms. The van der Waals surface area contributed by atoms with Crippen LogP contribution in [0.25, 0.3) is 0 Å². The van der Waals surface area contributed by atoms with Gasteiger partial charge < -0.3 is 10.6 Å². The maximum atomic E-state index is 12.8. The molecule has 0 aliphatic heterocycles. The van der Waals surface area contributed by atoms with Gasteiger partial charge in [0.15, 0.2) is 0 Å². The molecule has 0 aromatic carbocycles. The Morgan fingerprint density at radius 2 is 2.03 bits per heavy atom. The van der Waals surface area contributed by atoms with Gasteiger partial charge >= 0.3 is 0 Å². The SMILES string of the molecule is C[C@H]1[C@H](Nc2cnn(CC(=O)N[C@H](C)c3ccncc3)c(=O)c2Br)C[C@H]2C[C@@H]1C2(C)C. The van der Waals surface area contributed by atoms with Crippen molar-refractivity contribution in [3.05, 3.63) is 51.1 Å². The van der Waals surface area contributed by atoms with E-state index >= 15 is 0 Å². The first-order valence-electron chi connectivity index (χ1n) is 10.9. The Hall–Kier alpha value is -2.22. The number of carbonyl (C=O) groups is 1. The summed E-state index contributed by atoms with van der Waals surface area (Å²) >= 11 is 3.43. The topological polar surface area (TPSA) is 88.9 Å². The van der Waals surface area contributed by atoms with Crippen molar-refractivity contribution in [1.82, 2.24) is 20.1 Å². The zero-order chi connectivity index (χ0) is 22.3. The number of fused-ring (bicyclic) bond motifs is 2. The lowest BCUT2D eigenvalue weighted by atomic mass is 9.45. The van der Waals surface area contributed by atoms with E-state index in [2.05, 4.69) is 57.4 Å².